The Labute approximate surface area is 155 Å². The van der Waals surface area contributed by atoms with Gasteiger partial charge in [0.2, 0.25) is 0 Å². The van der Waals surface area contributed by atoms with Crippen LogP contribution in [0.3, 0.4) is 0 Å². The highest BCUT2D eigenvalue weighted by Crippen LogP contribution is 2.23. The molecule has 0 saturated carbocycles. The van der Waals surface area contributed by atoms with Gasteiger partial charge in [0, 0.05) is 48.4 Å². The van der Waals surface area contributed by atoms with Crippen molar-refractivity contribution in [3.05, 3.63) is 50.1 Å². The predicted molar refractivity (Wildman–Crippen MR) is 97.1 cm³/mol. The molecule has 7 nitrogen and oxygen atoms in total. The van der Waals surface area contributed by atoms with Crippen LogP contribution in [0.1, 0.15) is 12.0 Å². The Morgan fingerprint density at radius 2 is 2.24 bits per heavy atom. The van der Waals surface area contributed by atoms with Crippen molar-refractivity contribution in [1.82, 2.24) is 9.80 Å². The van der Waals surface area contributed by atoms with Crippen molar-refractivity contribution in [2.45, 2.75) is 6.42 Å². The Morgan fingerprint density at radius 1 is 1.40 bits per heavy atom. The molecule has 2 heterocycles. The van der Waals surface area contributed by atoms with Crippen LogP contribution >= 0.6 is 23.2 Å². The van der Waals surface area contributed by atoms with Crippen LogP contribution in [-0.4, -0.2) is 53.6 Å². The number of hydrazone groups is 1. The molecule has 0 radical (unpaired) electrons. The summed E-state index contributed by atoms with van der Waals surface area (Å²) in [6.45, 7) is 3.46. The zero-order valence-corrected chi connectivity index (χ0v) is 15.0. The average Bonchev–Trinajstić information content (AvgIpc) is 3.18. The van der Waals surface area contributed by atoms with Gasteiger partial charge < -0.3 is 14.5 Å². The monoisotopic (exact) mass is 384 g/mol. The zero-order chi connectivity index (χ0) is 17.8. The first-order valence-electron chi connectivity index (χ1n) is 7.98. The van der Waals surface area contributed by atoms with Crippen molar-refractivity contribution >= 4 is 35.2 Å². The van der Waals surface area contributed by atoms with Crippen LogP contribution in [-0.2, 0) is 4.74 Å². The van der Waals surface area contributed by atoms with Gasteiger partial charge >= 0.3 is 0 Å². The molecular weight excluding hydrogens is 367 g/mol. The van der Waals surface area contributed by atoms with Gasteiger partial charge in [0.1, 0.15) is 5.10 Å². The molecule has 1 atom stereocenters. The van der Waals surface area contributed by atoms with Crippen molar-refractivity contribution in [2.24, 2.45) is 11.0 Å². The first-order chi connectivity index (χ1) is 12.0. The number of ether oxygens (including phenoxy) is 1. The van der Waals surface area contributed by atoms with Gasteiger partial charge in [-0.2, -0.15) is 0 Å². The van der Waals surface area contributed by atoms with E-state index in [0.29, 0.717) is 48.2 Å². The molecule has 25 heavy (non-hydrogen) atoms. The number of hydrogen-bond donors (Lipinski definition) is 0. The normalized spacial score (nSPS) is 22.5. The van der Waals surface area contributed by atoms with Crippen molar-refractivity contribution in [1.29, 1.82) is 0 Å². The molecule has 1 aromatic carbocycles. The summed E-state index contributed by atoms with van der Waals surface area (Å²) in [4.78, 5) is 14.6. The Hall–Kier alpha value is -1.83. The topological polar surface area (TPSA) is 71.2 Å². The van der Waals surface area contributed by atoms with Gasteiger partial charge in [0.05, 0.1) is 6.61 Å². The molecule has 3 rings (SSSR count). The Balaban J connectivity index is 1.75. The van der Waals surface area contributed by atoms with Crippen LogP contribution in [0.25, 0.3) is 6.08 Å². The minimum atomic E-state index is -0.658. The molecule has 2 aliphatic heterocycles. The van der Waals surface area contributed by atoms with E-state index in [9.17, 15) is 10.1 Å². The van der Waals surface area contributed by atoms with Crippen molar-refractivity contribution in [2.75, 3.05) is 32.8 Å². The molecule has 2 fully saturated rings. The maximum absolute atomic E-state index is 10.9. The second kappa shape index (κ2) is 8.03. The number of nitrogens with zero attached hydrogens (tertiary/aromatic N) is 4. The summed E-state index contributed by atoms with van der Waals surface area (Å²) in [7, 11) is 0. The molecule has 0 aliphatic carbocycles. The first-order valence-corrected chi connectivity index (χ1v) is 8.74. The van der Waals surface area contributed by atoms with E-state index in [-0.39, 0.29) is 0 Å². The van der Waals surface area contributed by atoms with Crippen molar-refractivity contribution in [3.63, 3.8) is 0 Å². The van der Waals surface area contributed by atoms with Crippen LogP contribution in [0.4, 0.5) is 0 Å². The van der Waals surface area contributed by atoms with Gasteiger partial charge in [-0.05, 0) is 30.2 Å². The fraction of sp³-hybridized carbons (Fsp3) is 0.438. The summed E-state index contributed by atoms with van der Waals surface area (Å²) in [6.07, 6.45) is 4.54. The summed E-state index contributed by atoms with van der Waals surface area (Å²) in [5, 5.41) is 14.9. The molecule has 1 aromatic rings. The lowest BCUT2D eigenvalue weighted by Crippen LogP contribution is -2.35. The molecular formula is C16H18Cl2N4O3. The summed E-state index contributed by atoms with van der Waals surface area (Å²) < 4.78 is 5.39. The van der Waals surface area contributed by atoms with Crippen LogP contribution in [0.5, 0.6) is 0 Å². The van der Waals surface area contributed by atoms with Gasteiger partial charge in [-0.15, -0.1) is 0 Å². The highest BCUT2D eigenvalue weighted by molar-refractivity contribution is 6.35. The lowest BCUT2D eigenvalue weighted by atomic mass is 10.1. The summed E-state index contributed by atoms with van der Waals surface area (Å²) in [6, 6.07) is 5.20. The molecule has 0 N–H and O–H groups in total. The minimum absolute atomic E-state index is 0.346. The molecule has 0 amide bonds. The number of guanidine groups is 1. The predicted octanol–water partition coefficient (Wildman–Crippen LogP) is 3.17. The number of benzene rings is 1. The highest BCUT2D eigenvalue weighted by atomic mass is 35.5. The fourth-order valence-corrected chi connectivity index (χ4v) is 3.44. The van der Waals surface area contributed by atoms with Gasteiger partial charge in [-0.3, -0.25) is 0 Å². The third kappa shape index (κ3) is 4.62. The van der Waals surface area contributed by atoms with Gasteiger partial charge in [0.15, 0.2) is 5.03 Å². The fourth-order valence-electron chi connectivity index (χ4n) is 2.96. The smallest absolute Gasteiger partial charge is 0.278 e. The Kier molecular flexibility index (Phi) is 5.78. The SMILES string of the molecule is O=[N+]([O-])N=C1N(C=Cc2ccc(Cl)cc2Cl)CCN1CC1CCOC1. The van der Waals surface area contributed by atoms with Gasteiger partial charge in [0.25, 0.3) is 5.96 Å². The van der Waals surface area contributed by atoms with Crippen LogP contribution in [0.15, 0.2) is 29.5 Å². The third-order valence-electron chi connectivity index (χ3n) is 4.22. The quantitative estimate of drug-likeness (QED) is 0.575. The molecule has 1 unspecified atom stereocenters. The number of rotatable bonds is 5. The third-order valence-corrected chi connectivity index (χ3v) is 4.78. The summed E-state index contributed by atoms with van der Waals surface area (Å²) in [5.41, 5.74) is 0.786. The maximum Gasteiger partial charge on any atom is 0.278 e. The van der Waals surface area contributed by atoms with Crippen LogP contribution in [0.2, 0.25) is 10.0 Å². The molecule has 0 spiro atoms. The summed E-state index contributed by atoms with van der Waals surface area (Å²) >= 11 is 12.1. The molecule has 2 saturated heterocycles. The van der Waals surface area contributed by atoms with E-state index in [1.54, 1.807) is 35.4 Å². The molecule has 2 aliphatic rings. The van der Waals surface area contributed by atoms with E-state index in [2.05, 4.69) is 5.10 Å². The van der Waals surface area contributed by atoms with E-state index in [1.165, 1.54) is 0 Å². The van der Waals surface area contributed by atoms with Crippen molar-refractivity contribution < 1.29 is 9.77 Å². The number of nitro groups is 1. The van der Waals surface area contributed by atoms with E-state index < -0.39 is 5.03 Å². The van der Waals surface area contributed by atoms with Crippen LogP contribution in [0, 0.1) is 16.0 Å². The van der Waals surface area contributed by atoms with E-state index in [0.717, 1.165) is 18.6 Å². The lowest BCUT2D eigenvalue weighted by molar-refractivity contribution is -0.486. The lowest BCUT2D eigenvalue weighted by Gasteiger charge is -2.21. The average molecular weight is 385 g/mol. The zero-order valence-electron chi connectivity index (χ0n) is 13.5. The highest BCUT2D eigenvalue weighted by Gasteiger charge is 2.31. The molecule has 134 valence electrons. The second-order valence-electron chi connectivity index (χ2n) is 5.99. The van der Waals surface area contributed by atoms with Crippen LogP contribution < -0.4 is 0 Å². The van der Waals surface area contributed by atoms with E-state index in [1.807, 2.05) is 4.90 Å². The second-order valence-corrected chi connectivity index (χ2v) is 6.83. The first kappa shape index (κ1) is 18.0. The molecule has 9 heteroatoms. The minimum Gasteiger partial charge on any atom is -0.381 e. The van der Waals surface area contributed by atoms with Gasteiger partial charge in [-0.1, -0.05) is 29.3 Å². The van der Waals surface area contributed by atoms with E-state index >= 15 is 0 Å². The molecule has 0 aromatic heterocycles. The largest absolute Gasteiger partial charge is 0.381 e. The van der Waals surface area contributed by atoms with E-state index in [4.69, 9.17) is 27.9 Å². The standard InChI is InChI=1S/C16H18Cl2N4O3/c17-14-2-1-13(15(18)9-14)3-5-20-6-7-21(16(20)19-22(23)24)10-12-4-8-25-11-12/h1-3,5,9,12H,4,6-8,10-11H2. The Bertz CT molecular complexity index is 705. The van der Waals surface area contributed by atoms with Gasteiger partial charge in [-0.25, -0.2) is 10.1 Å². The van der Waals surface area contributed by atoms with Crippen molar-refractivity contribution in [3.8, 4) is 0 Å². The Morgan fingerprint density at radius 3 is 2.92 bits per heavy atom. The molecule has 0 bridgehead atoms. The summed E-state index contributed by atoms with van der Waals surface area (Å²) in [5.74, 6) is 0.727. The maximum atomic E-state index is 10.9. The number of halogens is 2. The number of hydrogen-bond acceptors (Lipinski definition) is 3.